The maximum absolute atomic E-state index is 12.7. The normalized spacial score (nSPS) is 23.6. The van der Waals surface area contributed by atoms with Gasteiger partial charge in [0.2, 0.25) is 0 Å². The van der Waals surface area contributed by atoms with E-state index in [1.54, 1.807) is 13.1 Å². The number of carbonyl (C=O) groups is 2. The minimum atomic E-state index is -0.565. The Kier molecular flexibility index (Phi) is 6.30. The molecule has 3 unspecified atom stereocenters. The van der Waals surface area contributed by atoms with Crippen LogP contribution in [0.4, 0.5) is 0 Å². The second-order valence-electron chi connectivity index (χ2n) is 7.10. The summed E-state index contributed by atoms with van der Waals surface area (Å²) in [7, 11) is 0. The van der Waals surface area contributed by atoms with Gasteiger partial charge in [-0.15, -0.1) is 0 Å². The van der Waals surface area contributed by atoms with Crippen LogP contribution in [-0.2, 0) is 14.3 Å². The predicted molar refractivity (Wildman–Crippen MR) is 105 cm³/mol. The number of ketones is 1. The molecule has 3 atom stereocenters. The monoisotopic (exact) mass is 407 g/mol. The molecule has 1 N–H and O–H groups in total. The smallest absolute Gasteiger partial charge is 0.343 e. The molecule has 28 heavy (non-hydrogen) atoms. The number of aliphatic hydroxyl groups excluding tert-OH is 1. The zero-order chi connectivity index (χ0) is 20.4. The SMILES string of the molecule is CCOC(=O)C1=CN2C(CC1=O)c1cc(Cl)c(OCCO)cc1C(C)C2CC. The molecule has 2 heterocycles. The highest BCUT2D eigenvalue weighted by Gasteiger charge is 2.42. The largest absolute Gasteiger partial charge is 0.490 e. The Hall–Kier alpha value is -2.05. The van der Waals surface area contributed by atoms with E-state index >= 15 is 0 Å². The van der Waals surface area contributed by atoms with Gasteiger partial charge in [-0.1, -0.05) is 25.4 Å². The number of aliphatic hydroxyl groups is 1. The lowest BCUT2D eigenvalue weighted by Gasteiger charge is -2.48. The molecule has 0 saturated heterocycles. The van der Waals surface area contributed by atoms with Crippen LogP contribution in [0.25, 0.3) is 0 Å². The van der Waals surface area contributed by atoms with Crippen molar-refractivity contribution in [2.24, 2.45) is 0 Å². The van der Waals surface area contributed by atoms with Gasteiger partial charge in [0.25, 0.3) is 0 Å². The van der Waals surface area contributed by atoms with Gasteiger partial charge in [-0.25, -0.2) is 4.79 Å². The van der Waals surface area contributed by atoms with Gasteiger partial charge in [0.15, 0.2) is 5.78 Å². The fourth-order valence-electron chi connectivity index (χ4n) is 4.24. The number of hydrogen-bond acceptors (Lipinski definition) is 6. The molecule has 1 aromatic rings. The number of hydrogen-bond donors (Lipinski definition) is 1. The Bertz CT molecular complexity index is 806. The van der Waals surface area contributed by atoms with Gasteiger partial charge in [-0.05, 0) is 36.6 Å². The quantitative estimate of drug-likeness (QED) is 0.575. The van der Waals surface area contributed by atoms with E-state index < -0.39 is 5.97 Å². The predicted octanol–water partition coefficient (Wildman–Crippen LogP) is 3.37. The summed E-state index contributed by atoms with van der Waals surface area (Å²) in [5.74, 6) is -0.0933. The Labute approximate surface area is 170 Å². The van der Waals surface area contributed by atoms with Crippen molar-refractivity contribution in [3.63, 3.8) is 0 Å². The summed E-state index contributed by atoms with van der Waals surface area (Å²) in [4.78, 5) is 27.0. The van der Waals surface area contributed by atoms with Gasteiger partial charge in [-0.3, -0.25) is 4.79 Å². The minimum absolute atomic E-state index is 0.0904. The van der Waals surface area contributed by atoms with Crippen molar-refractivity contribution in [1.29, 1.82) is 0 Å². The lowest BCUT2D eigenvalue weighted by molar-refractivity contribution is -0.140. The van der Waals surface area contributed by atoms with Gasteiger partial charge < -0.3 is 19.5 Å². The van der Waals surface area contributed by atoms with E-state index in [9.17, 15) is 9.59 Å². The van der Waals surface area contributed by atoms with E-state index in [0.717, 1.165) is 17.5 Å². The number of halogens is 1. The summed E-state index contributed by atoms with van der Waals surface area (Å²) in [6, 6.07) is 3.72. The van der Waals surface area contributed by atoms with Gasteiger partial charge in [0, 0.05) is 24.6 Å². The van der Waals surface area contributed by atoms with Crippen molar-refractivity contribution in [1.82, 2.24) is 4.90 Å². The third-order valence-electron chi connectivity index (χ3n) is 5.53. The fraction of sp³-hybridized carbons (Fsp3) is 0.524. The highest BCUT2D eigenvalue weighted by atomic mass is 35.5. The summed E-state index contributed by atoms with van der Waals surface area (Å²) in [6.45, 7) is 6.26. The van der Waals surface area contributed by atoms with E-state index in [1.807, 2.05) is 12.1 Å². The van der Waals surface area contributed by atoms with Gasteiger partial charge in [-0.2, -0.15) is 0 Å². The van der Waals surface area contributed by atoms with E-state index in [1.165, 1.54) is 0 Å². The third kappa shape index (κ3) is 3.63. The van der Waals surface area contributed by atoms with E-state index in [0.29, 0.717) is 10.8 Å². The number of ether oxygens (including phenoxy) is 2. The molecule has 6 nitrogen and oxygen atoms in total. The van der Waals surface area contributed by atoms with E-state index in [2.05, 4.69) is 18.7 Å². The highest BCUT2D eigenvalue weighted by molar-refractivity contribution is 6.32. The zero-order valence-corrected chi connectivity index (χ0v) is 17.2. The standard InChI is InChI=1S/C21H26ClNO5/c1-4-17-12(3)13-9-20(28-7-6-24)16(22)8-14(13)18-10-19(25)15(11-23(17)18)21(26)27-5-2/h8-9,11-12,17-18,24H,4-7,10H2,1-3H3. The molecule has 7 heteroatoms. The molecule has 0 amide bonds. The average Bonchev–Trinajstić information content (AvgIpc) is 2.67. The molecule has 0 fully saturated rings. The summed E-state index contributed by atoms with van der Waals surface area (Å²) in [6.07, 6.45) is 2.73. The summed E-state index contributed by atoms with van der Waals surface area (Å²) < 4.78 is 10.6. The van der Waals surface area contributed by atoms with Crippen LogP contribution in [0.1, 0.15) is 56.7 Å². The van der Waals surface area contributed by atoms with Crippen molar-refractivity contribution in [2.45, 2.75) is 51.6 Å². The van der Waals surface area contributed by atoms with Crippen LogP contribution >= 0.6 is 11.6 Å². The summed E-state index contributed by atoms with van der Waals surface area (Å²) in [5, 5.41) is 9.47. The molecule has 2 aliphatic heterocycles. The first-order valence-corrected chi connectivity index (χ1v) is 10.1. The molecule has 0 aromatic heterocycles. The Morgan fingerprint density at radius 1 is 1.32 bits per heavy atom. The van der Waals surface area contributed by atoms with Crippen LogP contribution in [-0.4, -0.2) is 47.6 Å². The maximum atomic E-state index is 12.7. The second-order valence-corrected chi connectivity index (χ2v) is 7.51. The Balaban J connectivity index is 2.05. The first-order valence-electron chi connectivity index (χ1n) is 9.69. The van der Waals surface area contributed by atoms with Crippen LogP contribution < -0.4 is 4.74 Å². The third-order valence-corrected chi connectivity index (χ3v) is 5.82. The van der Waals surface area contributed by atoms with Crippen LogP contribution in [0, 0.1) is 0 Å². The Morgan fingerprint density at radius 3 is 2.71 bits per heavy atom. The number of Topliss-reactive ketones (excluding diaryl/α,β-unsaturated/α-hetero) is 1. The van der Waals surface area contributed by atoms with Crippen molar-refractivity contribution in [3.8, 4) is 5.75 Å². The molecular weight excluding hydrogens is 382 g/mol. The first kappa shape index (κ1) is 20.7. The van der Waals surface area contributed by atoms with Crippen molar-refractivity contribution >= 4 is 23.4 Å². The number of carbonyl (C=O) groups excluding carboxylic acids is 2. The van der Waals surface area contributed by atoms with Gasteiger partial charge in [0.05, 0.1) is 24.3 Å². The van der Waals surface area contributed by atoms with Crippen LogP contribution in [0.5, 0.6) is 5.75 Å². The molecule has 0 saturated carbocycles. The molecule has 0 spiro atoms. The van der Waals surface area contributed by atoms with Crippen molar-refractivity contribution < 1.29 is 24.2 Å². The molecular formula is C21H26ClNO5. The second kappa shape index (κ2) is 8.53. The number of benzene rings is 1. The Morgan fingerprint density at radius 2 is 2.07 bits per heavy atom. The number of nitrogens with zero attached hydrogens (tertiary/aromatic N) is 1. The number of esters is 1. The lowest BCUT2D eigenvalue weighted by atomic mass is 9.77. The van der Waals surface area contributed by atoms with Crippen LogP contribution in [0.15, 0.2) is 23.9 Å². The molecule has 0 radical (unpaired) electrons. The van der Waals surface area contributed by atoms with E-state index in [4.69, 9.17) is 26.2 Å². The number of rotatable bonds is 6. The van der Waals surface area contributed by atoms with Gasteiger partial charge >= 0.3 is 5.97 Å². The van der Waals surface area contributed by atoms with Crippen LogP contribution in [0.2, 0.25) is 5.02 Å². The first-order chi connectivity index (χ1) is 13.4. The summed E-state index contributed by atoms with van der Waals surface area (Å²) in [5.41, 5.74) is 2.18. The number of fused-ring (bicyclic) bond motifs is 3. The summed E-state index contributed by atoms with van der Waals surface area (Å²) >= 11 is 6.40. The van der Waals surface area contributed by atoms with Crippen LogP contribution in [0.3, 0.4) is 0 Å². The molecule has 3 rings (SSSR count). The van der Waals surface area contributed by atoms with Crippen molar-refractivity contribution in [3.05, 3.63) is 40.1 Å². The van der Waals surface area contributed by atoms with Gasteiger partial charge in [0.1, 0.15) is 17.9 Å². The zero-order valence-electron chi connectivity index (χ0n) is 16.4. The highest BCUT2D eigenvalue weighted by Crippen LogP contribution is 2.48. The van der Waals surface area contributed by atoms with E-state index in [-0.39, 0.29) is 55.6 Å². The molecule has 152 valence electrons. The minimum Gasteiger partial charge on any atom is -0.490 e. The molecule has 0 bridgehead atoms. The molecule has 0 aliphatic carbocycles. The fourth-order valence-corrected chi connectivity index (χ4v) is 4.46. The molecule has 1 aromatic carbocycles. The lowest BCUT2D eigenvalue weighted by Crippen LogP contribution is -2.46. The topological polar surface area (TPSA) is 76.1 Å². The maximum Gasteiger partial charge on any atom is 0.343 e. The average molecular weight is 408 g/mol. The van der Waals surface area contributed by atoms with Crippen molar-refractivity contribution in [2.75, 3.05) is 19.8 Å². The molecule has 2 aliphatic rings.